The van der Waals surface area contributed by atoms with Crippen LogP contribution in [0.4, 0.5) is 15.9 Å². The van der Waals surface area contributed by atoms with Crippen LogP contribution in [0.25, 0.3) is 0 Å². The highest BCUT2D eigenvalue weighted by atomic mass is 35.5. The van der Waals surface area contributed by atoms with E-state index >= 15 is 0 Å². The first-order valence-corrected chi connectivity index (χ1v) is 7.87. The summed E-state index contributed by atoms with van der Waals surface area (Å²) in [6.45, 7) is 0.548. The van der Waals surface area contributed by atoms with E-state index in [1.54, 1.807) is 30.3 Å². The summed E-state index contributed by atoms with van der Waals surface area (Å²) < 4.78 is 13.5. The molecule has 2 N–H and O–H groups in total. The van der Waals surface area contributed by atoms with Crippen LogP contribution in [-0.4, -0.2) is 16.1 Å². The number of anilines is 2. The van der Waals surface area contributed by atoms with E-state index in [1.165, 1.54) is 18.2 Å². The van der Waals surface area contributed by atoms with Crippen molar-refractivity contribution in [3.63, 3.8) is 0 Å². The Morgan fingerprint density at radius 1 is 1.00 bits per heavy atom. The third-order valence-corrected chi connectivity index (χ3v) is 3.66. The van der Waals surface area contributed by atoms with Gasteiger partial charge in [-0.1, -0.05) is 35.9 Å². The Bertz CT molecular complexity index is 869. The van der Waals surface area contributed by atoms with Crippen molar-refractivity contribution in [2.45, 2.75) is 6.54 Å². The minimum absolute atomic E-state index is 0.0965. The van der Waals surface area contributed by atoms with Gasteiger partial charge in [0.1, 0.15) is 11.6 Å². The number of carbonyl (C=O) groups is 1. The Hall–Kier alpha value is -2.99. The molecule has 0 fully saturated rings. The quantitative estimate of drug-likeness (QED) is 0.721. The molecule has 0 bridgehead atoms. The van der Waals surface area contributed by atoms with E-state index in [2.05, 4.69) is 20.8 Å². The molecule has 7 heteroatoms. The lowest BCUT2D eigenvalue weighted by Gasteiger charge is -2.07. The molecule has 126 valence electrons. The van der Waals surface area contributed by atoms with Gasteiger partial charge in [0, 0.05) is 11.6 Å². The molecule has 1 heterocycles. The maximum atomic E-state index is 13.5. The van der Waals surface area contributed by atoms with E-state index in [-0.39, 0.29) is 11.4 Å². The fraction of sp³-hybridized carbons (Fsp3) is 0.0556. The number of rotatable bonds is 5. The van der Waals surface area contributed by atoms with E-state index in [9.17, 15) is 9.18 Å². The normalized spacial score (nSPS) is 10.3. The second-order valence-corrected chi connectivity index (χ2v) is 5.65. The minimum Gasteiger partial charge on any atom is -0.365 e. The van der Waals surface area contributed by atoms with Crippen LogP contribution in [0.5, 0.6) is 0 Å². The molecule has 0 aliphatic rings. The molecule has 0 spiro atoms. The van der Waals surface area contributed by atoms with Gasteiger partial charge < -0.3 is 10.6 Å². The summed E-state index contributed by atoms with van der Waals surface area (Å²) >= 11 is 5.84. The third kappa shape index (κ3) is 4.51. The van der Waals surface area contributed by atoms with Crippen LogP contribution in [0.3, 0.4) is 0 Å². The van der Waals surface area contributed by atoms with Gasteiger partial charge in [-0.3, -0.25) is 4.79 Å². The first-order valence-electron chi connectivity index (χ1n) is 7.50. The van der Waals surface area contributed by atoms with E-state index in [4.69, 9.17) is 11.6 Å². The van der Waals surface area contributed by atoms with Gasteiger partial charge in [0.25, 0.3) is 5.91 Å². The third-order valence-electron chi connectivity index (χ3n) is 3.41. The molecule has 0 aliphatic heterocycles. The van der Waals surface area contributed by atoms with Gasteiger partial charge in [0.2, 0.25) is 0 Å². The zero-order valence-electron chi connectivity index (χ0n) is 13.0. The second kappa shape index (κ2) is 7.72. The topological polar surface area (TPSA) is 66.9 Å². The molecule has 0 saturated carbocycles. The summed E-state index contributed by atoms with van der Waals surface area (Å²) in [5.74, 6) is -0.510. The van der Waals surface area contributed by atoms with Gasteiger partial charge >= 0.3 is 0 Å². The number of hydrogen-bond donors (Lipinski definition) is 2. The molecule has 1 aromatic heterocycles. The number of para-hydroxylation sites is 1. The van der Waals surface area contributed by atoms with Crippen LogP contribution in [0.15, 0.2) is 60.7 Å². The molecule has 25 heavy (non-hydrogen) atoms. The summed E-state index contributed by atoms with van der Waals surface area (Å²) in [6.07, 6.45) is 0. The SMILES string of the molecule is O=C(Nc1ccccc1F)c1ccc(NCc2ccc(Cl)cc2)nn1. The van der Waals surface area contributed by atoms with Crippen LogP contribution in [0, 0.1) is 5.82 Å². The molecular weight excluding hydrogens is 343 g/mol. The largest absolute Gasteiger partial charge is 0.365 e. The van der Waals surface area contributed by atoms with Gasteiger partial charge in [-0.05, 0) is 42.0 Å². The van der Waals surface area contributed by atoms with Crippen molar-refractivity contribution >= 4 is 29.0 Å². The highest BCUT2D eigenvalue weighted by Crippen LogP contribution is 2.14. The van der Waals surface area contributed by atoms with Crippen molar-refractivity contribution < 1.29 is 9.18 Å². The summed E-state index contributed by atoms with van der Waals surface area (Å²) in [7, 11) is 0. The number of benzene rings is 2. The zero-order valence-corrected chi connectivity index (χ0v) is 13.8. The molecule has 0 atom stereocenters. The van der Waals surface area contributed by atoms with Crippen LogP contribution in [0.2, 0.25) is 5.02 Å². The number of hydrogen-bond acceptors (Lipinski definition) is 4. The first kappa shape index (κ1) is 16.9. The van der Waals surface area contributed by atoms with Gasteiger partial charge in [-0.25, -0.2) is 4.39 Å². The highest BCUT2D eigenvalue weighted by molar-refractivity contribution is 6.30. The molecule has 5 nitrogen and oxygen atoms in total. The van der Waals surface area contributed by atoms with Crippen molar-refractivity contribution in [1.29, 1.82) is 0 Å². The second-order valence-electron chi connectivity index (χ2n) is 5.22. The monoisotopic (exact) mass is 356 g/mol. The number of aromatic nitrogens is 2. The summed E-state index contributed by atoms with van der Waals surface area (Å²) in [4.78, 5) is 12.1. The lowest BCUT2D eigenvalue weighted by Crippen LogP contribution is -2.15. The Morgan fingerprint density at radius 2 is 1.76 bits per heavy atom. The van der Waals surface area contributed by atoms with Crippen LogP contribution >= 0.6 is 11.6 Å². The van der Waals surface area contributed by atoms with Crippen molar-refractivity contribution in [3.8, 4) is 0 Å². The van der Waals surface area contributed by atoms with E-state index in [0.29, 0.717) is 17.4 Å². The fourth-order valence-corrected chi connectivity index (χ4v) is 2.22. The number of halogens is 2. The molecule has 0 unspecified atom stereocenters. The van der Waals surface area contributed by atoms with Gasteiger partial charge in [-0.2, -0.15) is 0 Å². The predicted octanol–water partition coefficient (Wildman–Crippen LogP) is 4.13. The van der Waals surface area contributed by atoms with Crippen LogP contribution in [-0.2, 0) is 6.54 Å². The molecule has 1 amide bonds. The number of amides is 1. The molecule has 3 aromatic rings. The van der Waals surface area contributed by atoms with E-state index in [1.807, 2.05) is 12.1 Å². The number of nitrogens with one attached hydrogen (secondary N) is 2. The van der Waals surface area contributed by atoms with E-state index < -0.39 is 11.7 Å². The van der Waals surface area contributed by atoms with Crippen LogP contribution in [0.1, 0.15) is 16.1 Å². The Balaban J connectivity index is 1.60. The maximum Gasteiger partial charge on any atom is 0.276 e. The zero-order chi connectivity index (χ0) is 17.6. The summed E-state index contributed by atoms with van der Waals surface area (Å²) in [5, 5.41) is 14.0. The molecule has 2 aromatic carbocycles. The average molecular weight is 357 g/mol. The molecule has 0 radical (unpaired) electrons. The number of carbonyl (C=O) groups excluding carboxylic acids is 1. The maximum absolute atomic E-state index is 13.5. The minimum atomic E-state index is -0.526. The average Bonchev–Trinajstić information content (AvgIpc) is 2.63. The lowest BCUT2D eigenvalue weighted by atomic mass is 10.2. The molecule has 0 aliphatic carbocycles. The Kier molecular flexibility index (Phi) is 5.20. The highest BCUT2D eigenvalue weighted by Gasteiger charge is 2.11. The number of nitrogens with zero attached hydrogens (tertiary/aromatic N) is 2. The molecular formula is C18H14ClFN4O. The van der Waals surface area contributed by atoms with Gasteiger partial charge in [0.15, 0.2) is 5.69 Å². The van der Waals surface area contributed by atoms with Crippen LogP contribution < -0.4 is 10.6 Å². The fourth-order valence-electron chi connectivity index (χ4n) is 2.09. The van der Waals surface area contributed by atoms with Crippen molar-refractivity contribution in [2.75, 3.05) is 10.6 Å². The predicted molar refractivity (Wildman–Crippen MR) is 95.2 cm³/mol. The van der Waals surface area contributed by atoms with Crippen molar-refractivity contribution in [1.82, 2.24) is 10.2 Å². The Labute approximate surface area is 148 Å². The van der Waals surface area contributed by atoms with Crippen molar-refractivity contribution in [3.05, 3.63) is 82.8 Å². The molecule has 3 rings (SSSR count). The lowest BCUT2D eigenvalue weighted by molar-refractivity contribution is 0.102. The standard InChI is InChI=1S/C18H14ClFN4O/c19-13-7-5-12(6-8-13)11-21-17-10-9-16(23-24-17)18(25)22-15-4-2-1-3-14(15)20/h1-10H,11H2,(H,21,24)(H,22,25). The van der Waals surface area contributed by atoms with Crippen molar-refractivity contribution in [2.24, 2.45) is 0 Å². The summed E-state index contributed by atoms with van der Waals surface area (Å²) in [6, 6.07) is 16.5. The van der Waals surface area contributed by atoms with Gasteiger partial charge in [0.05, 0.1) is 5.69 Å². The smallest absolute Gasteiger partial charge is 0.276 e. The van der Waals surface area contributed by atoms with Gasteiger partial charge in [-0.15, -0.1) is 10.2 Å². The first-order chi connectivity index (χ1) is 12.1. The van der Waals surface area contributed by atoms with E-state index in [0.717, 1.165) is 5.56 Å². The summed E-state index contributed by atoms with van der Waals surface area (Å²) in [5.41, 5.74) is 1.23. The Morgan fingerprint density at radius 3 is 2.44 bits per heavy atom. The molecule has 0 saturated heterocycles.